The molecule has 0 unspecified atom stereocenters. The number of hydrogen-bond acceptors (Lipinski definition) is 3. The van der Waals surface area contributed by atoms with Crippen LogP contribution in [-0.2, 0) is 10.3 Å². The molecule has 0 bridgehead atoms. The first-order chi connectivity index (χ1) is 7.09. The lowest BCUT2D eigenvalue weighted by Gasteiger charge is -2.13. The van der Waals surface area contributed by atoms with E-state index in [-0.39, 0.29) is 5.75 Å². The highest BCUT2D eigenvalue weighted by Crippen LogP contribution is 2.52. The number of rotatable bonds is 2. The Kier molecular flexibility index (Phi) is 2.13. The van der Waals surface area contributed by atoms with Crippen LogP contribution < -0.4 is 0 Å². The first-order valence-electron chi connectivity index (χ1n) is 4.99. The molecule has 1 aliphatic carbocycles. The van der Waals surface area contributed by atoms with Crippen molar-refractivity contribution in [2.75, 3.05) is 0 Å². The Bertz CT molecular complexity index is 455. The third kappa shape index (κ3) is 1.55. The molecular weight excluding hydrogens is 190 g/mol. The molecule has 15 heavy (non-hydrogen) atoms. The van der Waals surface area contributed by atoms with E-state index in [2.05, 4.69) is 4.99 Å². The highest BCUT2D eigenvalue weighted by atomic mass is 16.3. The van der Waals surface area contributed by atoms with Crippen LogP contribution in [0.5, 0.6) is 5.75 Å². The number of aromatic hydroxyl groups is 1. The topological polar surface area (TPSA) is 49.7 Å². The number of carbonyl (C=O) groups excluding carboxylic acids is 1. The zero-order valence-electron chi connectivity index (χ0n) is 8.87. The van der Waals surface area contributed by atoms with Crippen LogP contribution >= 0.6 is 0 Å². The number of phenolic OH excluding ortho intramolecular Hbond substituents is 1. The molecule has 0 saturated heterocycles. The van der Waals surface area contributed by atoms with Gasteiger partial charge in [-0.1, -0.05) is 11.6 Å². The Morgan fingerprint density at radius 3 is 2.60 bits per heavy atom. The first-order valence-corrected chi connectivity index (χ1v) is 4.99. The number of nitrogens with zero attached hydrogens (tertiary/aromatic N) is 1. The van der Waals surface area contributed by atoms with Gasteiger partial charge in [0.05, 0.1) is 0 Å². The lowest BCUT2D eigenvalue weighted by molar-refractivity contribution is 0.455. The van der Waals surface area contributed by atoms with E-state index in [1.54, 1.807) is 6.08 Å². The van der Waals surface area contributed by atoms with Gasteiger partial charge >= 0.3 is 0 Å². The summed E-state index contributed by atoms with van der Waals surface area (Å²) in [6.45, 7) is 3.82. The smallest absolute Gasteiger partial charge is 0.235 e. The summed E-state index contributed by atoms with van der Waals surface area (Å²) in [4.78, 5) is 14.2. The lowest BCUT2D eigenvalue weighted by atomic mass is 9.98. The molecule has 0 aromatic heterocycles. The average molecular weight is 203 g/mol. The van der Waals surface area contributed by atoms with Gasteiger partial charge in [-0.15, -0.1) is 0 Å². The quantitative estimate of drug-likeness (QED) is 0.592. The normalized spacial score (nSPS) is 16.9. The molecule has 0 atom stereocenters. The number of isocyanates is 1. The number of hydrogen-bond donors (Lipinski definition) is 1. The zero-order chi connectivity index (χ0) is 11.1. The third-order valence-electron chi connectivity index (χ3n) is 2.93. The fourth-order valence-electron chi connectivity index (χ4n) is 1.96. The van der Waals surface area contributed by atoms with Crippen molar-refractivity contribution in [1.29, 1.82) is 0 Å². The molecule has 3 heteroatoms. The maximum absolute atomic E-state index is 10.3. The first kappa shape index (κ1) is 9.94. The molecular formula is C12H13NO2. The van der Waals surface area contributed by atoms with Crippen molar-refractivity contribution in [2.45, 2.75) is 32.2 Å². The van der Waals surface area contributed by atoms with Gasteiger partial charge < -0.3 is 5.11 Å². The highest BCUT2D eigenvalue weighted by molar-refractivity contribution is 5.51. The monoisotopic (exact) mass is 203 g/mol. The summed E-state index contributed by atoms with van der Waals surface area (Å²) in [6.07, 6.45) is 3.24. The molecule has 0 amide bonds. The van der Waals surface area contributed by atoms with Crippen molar-refractivity contribution in [3.8, 4) is 5.75 Å². The van der Waals surface area contributed by atoms with E-state index in [1.165, 1.54) is 0 Å². The van der Waals surface area contributed by atoms with Crippen molar-refractivity contribution in [3.05, 3.63) is 28.8 Å². The van der Waals surface area contributed by atoms with Crippen LogP contribution in [0.2, 0.25) is 0 Å². The number of aryl methyl sites for hydroxylation is 2. The summed E-state index contributed by atoms with van der Waals surface area (Å²) < 4.78 is 0. The van der Waals surface area contributed by atoms with Gasteiger partial charge in [0.25, 0.3) is 0 Å². The molecule has 1 aromatic carbocycles. The van der Waals surface area contributed by atoms with Crippen molar-refractivity contribution in [2.24, 2.45) is 4.99 Å². The molecule has 1 aliphatic rings. The molecule has 0 heterocycles. The summed E-state index contributed by atoms with van der Waals surface area (Å²) in [5, 5.41) is 9.93. The van der Waals surface area contributed by atoms with Crippen LogP contribution in [0, 0.1) is 13.8 Å². The summed E-state index contributed by atoms with van der Waals surface area (Å²) >= 11 is 0. The number of benzene rings is 1. The van der Waals surface area contributed by atoms with E-state index < -0.39 is 5.54 Å². The van der Waals surface area contributed by atoms with Gasteiger partial charge in [-0.25, -0.2) is 4.79 Å². The molecule has 1 fully saturated rings. The van der Waals surface area contributed by atoms with E-state index >= 15 is 0 Å². The van der Waals surface area contributed by atoms with Crippen molar-refractivity contribution >= 4 is 6.08 Å². The van der Waals surface area contributed by atoms with Gasteiger partial charge in [-0.2, -0.15) is 4.99 Å². The SMILES string of the molecule is Cc1cc(C)c(O)c(C2(N=C=O)CC2)c1. The van der Waals surface area contributed by atoms with Crippen LogP contribution in [0.1, 0.15) is 29.5 Å². The number of phenols is 1. The Morgan fingerprint density at radius 1 is 1.40 bits per heavy atom. The minimum Gasteiger partial charge on any atom is -0.507 e. The molecule has 0 radical (unpaired) electrons. The Morgan fingerprint density at radius 2 is 2.07 bits per heavy atom. The molecule has 1 N–H and O–H groups in total. The minimum atomic E-state index is -0.484. The summed E-state index contributed by atoms with van der Waals surface area (Å²) in [5.41, 5.74) is 2.19. The Labute approximate surface area is 88.5 Å². The fourth-order valence-corrected chi connectivity index (χ4v) is 1.96. The fraction of sp³-hybridized carbons (Fsp3) is 0.417. The summed E-state index contributed by atoms with van der Waals surface area (Å²) in [5.74, 6) is 0.261. The molecule has 3 nitrogen and oxygen atoms in total. The maximum Gasteiger partial charge on any atom is 0.235 e. The maximum atomic E-state index is 10.3. The molecule has 1 saturated carbocycles. The largest absolute Gasteiger partial charge is 0.507 e. The van der Waals surface area contributed by atoms with Gasteiger partial charge in [-0.05, 0) is 38.3 Å². The molecule has 1 aromatic rings. The molecule has 78 valence electrons. The predicted molar refractivity (Wildman–Crippen MR) is 56.6 cm³/mol. The molecule has 0 aliphatic heterocycles. The Balaban J connectivity index is 2.57. The van der Waals surface area contributed by atoms with E-state index in [9.17, 15) is 9.90 Å². The van der Waals surface area contributed by atoms with Gasteiger partial charge in [0, 0.05) is 5.56 Å². The highest BCUT2D eigenvalue weighted by Gasteiger charge is 2.46. The Hall–Kier alpha value is -1.60. The second-order valence-electron chi connectivity index (χ2n) is 4.21. The van der Waals surface area contributed by atoms with Crippen LogP contribution in [0.4, 0.5) is 0 Å². The van der Waals surface area contributed by atoms with Crippen LogP contribution in [0.15, 0.2) is 17.1 Å². The average Bonchev–Trinajstić information content (AvgIpc) is 2.93. The van der Waals surface area contributed by atoms with Crippen molar-refractivity contribution < 1.29 is 9.90 Å². The van der Waals surface area contributed by atoms with E-state index in [4.69, 9.17) is 0 Å². The predicted octanol–water partition coefficient (Wildman–Crippen LogP) is 2.33. The third-order valence-corrected chi connectivity index (χ3v) is 2.93. The minimum absolute atomic E-state index is 0.261. The second kappa shape index (κ2) is 3.21. The summed E-state index contributed by atoms with van der Waals surface area (Å²) in [6, 6.07) is 3.82. The lowest BCUT2D eigenvalue weighted by Crippen LogP contribution is -2.04. The van der Waals surface area contributed by atoms with Crippen molar-refractivity contribution in [1.82, 2.24) is 0 Å². The standard InChI is InChI=1S/C12H13NO2/c1-8-5-9(2)11(15)10(6-8)12(3-4-12)13-7-14/h5-6,15H,3-4H2,1-2H3. The summed E-state index contributed by atoms with van der Waals surface area (Å²) in [7, 11) is 0. The van der Waals surface area contributed by atoms with E-state index in [0.29, 0.717) is 0 Å². The zero-order valence-corrected chi connectivity index (χ0v) is 8.87. The van der Waals surface area contributed by atoms with E-state index in [0.717, 1.165) is 29.5 Å². The molecule has 2 rings (SSSR count). The van der Waals surface area contributed by atoms with Gasteiger partial charge in [0.15, 0.2) is 0 Å². The molecule has 0 spiro atoms. The van der Waals surface area contributed by atoms with Gasteiger partial charge in [0.2, 0.25) is 6.08 Å². The van der Waals surface area contributed by atoms with Gasteiger partial charge in [0.1, 0.15) is 11.3 Å². The number of aliphatic imine (C=N–C) groups is 1. The van der Waals surface area contributed by atoms with Crippen LogP contribution in [0.3, 0.4) is 0 Å². The second-order valence-corrected chi connectivity index (χ2v) is 4.21. The van der Waals surface area contributed by atoms with Crippen molar-refractivity contribution in [3.63, 3.8) is 0 Å². The van der Waals surface area contributed by atoms with Crippen LogP contribution in [0.25, 0.3) is 0 Å². The van der Waals surface area contributed by atoms with E-state index in [1.807, 2.05) is 26.0 Å². The van der Waals surface area contributed by atoms with Gasteiger partial charge in [-0.3, -0.25) is 0 Å². The van der Waals surface area contributed by atoms with Crippen LogP contribution in [-0.4, -0.2) is 11.2 Å².